The Hall–Kier alpha value is -2.25. The number of rotatable bonds is 5. The third-order valence-corrected chi connectivity index (χ3v) is 6.69. The van der Waals surface area contributed by atoms with Crippen molar-refractivity contribution in [2.75, 3.05) is 14.2 Å². The Kier molecular flexibility index (Phi) is 5.34. The highest BCUT2D eigenvalue weighted by Gasteiger charge is 2.37. The summed E-state index contributed by atoms with van der Waals surface area (Å²) in [6.45, 7) is 7.45. The molecular formula is C21H27NO5S. The number of methoxy groups -OCH3 is 2. The summed E-state index contributed by atoms with van der Waals surface area (Å²) in [5.41, 5.74) is 1.55. The van der Waals surface area contributed by atoms with Gasteiger partial charge in [0.05, 0.1) is 25.2 Å². The lowest BCUT2D eigenvalue weighted by Crippen LogP contribution is -2.41. The van der Waals surface area contributed by atoms with Crippen LogP contribution in [0.2, 0.25) is 0 Å². The first-order valence-electron chi connectivity index (χ1n) is 9.11. The van der Waals surface area contributed by atoms with Crippen molar-refractivity contribution in [3.63, 3.8) is 0 Å². The van der Waals surface area contributed by atoms with Crippen LogP contribution < -0.4 is 18.9 Å². The molecule has 0 spiro atoms. The summed E-state index contributed by atoms with van der Waals surface area (Å²) in [5, 5.41) is 0. The maximum atomic E-state index is 13.3. The molecule has 0 radical (unpaired) electrons. The minimum Gasteiger partial charge on any atom is -0.497 e. The number of nitrogens with one attached hydrogen (secondary N) is 1. The number of ether oxygens (including phenoxy) is 3. The van der Waals surface area contributed by atoms with Gasteiger partial charge in [0.1, 0.15) is 22.8 Å². The quantitative estimate of drug-likeness (QED) is 0.817. The molecular weight excluding hydrogens is 378 g/mol. The molecule has 0 unspecified atom stereocenters. The van der Waals surface area contributed by atoms with Gasteiger partial charge in [0.25, 0.3) is 0 Å². The van der Waals surface area contributed by atoms with Crippen LogP contribution in [-0.4, -0.2) is 28.2 Å². The van der Waals surface area contributed by atoms with Gasteiger partial charge in [-0.2, -0.15) is 0 Å². The largest absolute Gasteiger partial charge is 0.497 e. The zero-order chi connectivity index (χ0) is 20.7. The summed E-state index contributed by atoms with van der Waals surface area (Å²) in [4.78, 5) is 0.280. The van der Waals surface area contributed by atoms with E-state index in [4.69, 9.17) is 14.2 Å². The van der Waals surface area contributed by atoms with E-state index < -0.39 is 21.7 Å². The van der Waals surface area contributed by atoms with Crippen LogP contribution in [-0.2, 0) is 10.0 Å². The van der Waals surface area contributed by atoms with E-state index in [0.717, 1.165) is 5.56 Å². The van der Waals surface area contributed by atoms with Crippen LogP contribution >= 0.6 is 0 Å². The van der Waals surface area contributed by atoms with Gasteiger partial charge in [0.2, 0.25) is 10.0 Å². The summed E-state index contributed by atoms with van der Waals surface area (Å²) in [6.07, 6.45) is 0.501. The first kappa shape index (κ1) is 20.5. The van der Waals surface area contributed by atoms with Crippen LogP contribution in [0.4, 0.5) is 0 Å². The van der Waals surface area contributed by atoms with E-state index in [1.807, 2.05) is 32.0 Å². The lowest BCUT2D eigenvalue weighted by Gasteiger charge is -2.38. The zero-order valence-electron chi connectivity index (χ0n) is 17.1. The predicted molar refractivity (Wildman–Crippen MR) is 108 cm³/mol. The highest BCUT2D eigenvalue weighted by atomic mass is 32.2. The first-order valence-corrected chi connectivity index (χ1v) is 10.6. The minimum absolute atomic E-state index is 0.280. The molecule has 152 valence electrons. The lowest BCUT2D eigenvalue weighted by atomic mass is 9.90. The van der Waals surface area contributed by atoms with Crippen molar-refractivity contribution in [2.45, 2.75) is 50.7 Å². The van der Waals surface area contributed by atoms with Crippen molar-refractivity contribution in [2.24, 2.45) is 0 Å². The summed E-state index contributed by atoms with van der Waals surface area (Å²) in [6, 6.07) is 8.48. The number of fused-ring (bicyclic) bond motifs is 1. The molecule has 0 saturated heterocycles. The standard InChI is InChI=1S/C21H27NO5S/c1-13-9-16(26-6)10-14(2)20(13)28(23,24)22-18-12-21(3,4)27-19-8-7-15(25-5)11-17(18)19/h7-11,18,22H,12H2,1-6H3/t18-/m0/s1. The van der Waals surface area contributed by atoms with Crippen molar-refractivity contribution in [3.8, 4) is 17.2 Å². The molecule has 1 aliphatic rings. The summed E-state index contributed by atoms with van der Waals surface area (Å²) < 4.78 is 46.1. The summed E-state index contributed by atoms with van der Waals surface area (Å²) in [5.74, 6) is 1.95. The summed E-state index contributed by atoms with van der Waals surface area (Å²) >= 11 is 0. The molecule has 1 aliphatic heterocycles. The average Bonchev–Trinajstić information content (AvgIpc) is 2.59. The number of aryl methyl sites for hydroxylation is 2. The molecule has 1 heterocycles. The van der Waals surface area contributed by atoms with Gasteiger partial charge in [0, 0.05) is 12.0 Å². The third kappa shape index (κ3) is 3.95. The smallest absolute Gasteiger partial charge is 0.241 e. The number of hydrogen-bond donors (Lipinski definition) is 1. The van der Waals surface area contributed by atoms with Crippen molar-refractivity contribution < 1.29 is 22.6 Å². The number of hydrogen-bond acceptors (Lipinski definition) is 5. The van der Waals surface area contributed by atoms with E-state index in [-0.39, 0.29) is 4.90 Å². The zero-order valence-corrected chi connectivity index (χ0v) is 17.9. The number of sulfonamides is 1. The van der Waals surface area contributed by atoms with E-state index in [2.05, 4.69) is 4.72 Å². The lowest BCUT2D eigenvalue weighted by molar-refractivity contribution is 0.0700. The van der Waals surface area contributed by atoms with Gasteiger partial charge in [-0.1, -0.05) is 0 Å². The van der Waals surface area contributed by atoms with Gasteiger partial charge >= 0.3 is 0 Å². The van der Waals surface area contributed by atoms with Crippen LogP contribution in [0.1, 0.15) is 43.0 Å². The van der Waals surface area contributed by atoms with Crippen molar-refractivity contribution in [1.82, 2.24) is 4.72 Å². The average molecular weight is 406 g/mol. The molecule has 28 heavy (non-hydrogen) atoms. The predicted octanol–water partition coefficient (Wildman–Crippen LogP) is 3.90. The molecule has 0 aliphatic carbocycles. The number of benzene rings is 2. The molecule has 1 N–H and O–H groups in total. The molecule has 0 saturated carbocycles. The molecule has 3 rings (SSSR count). The van der Waals surface area contributed by atoms with Crippen molar-refractivity contribution in [3.05, 3.63) is 47.0 Å². The van der Waals surface area contributed by atoms with E-state index in [9.17, 15) is 8.42 Å². The highest BCUT2D eigenvalue weighted by molar-refractivity contribution is 7.89. The molecule has 0 aromatic heterocycles. The van der Waals surface area contributed by atoms with Crippen LogP contribution in [0.3, 0.4) is 0 Å². The molecule has 7 heteroatoms. The van der Waals surface area contributed by atoms with E-state index in [1.165, 1.54) is 0 Å². The molecule has 0 bridgehead atoms. The second-order valence-corrected chi connectivity index (χ2v) is 9.38. The third-order valence-electron chi connectivity index (χ3n) is 4.91. The van der Waals surface area contributed by atoms with Crippen LogP contribution in [0.15, 0.2) is 35.2 Å². The van der Waals surface area contributed by atoms with Crippen molar-refractivity contribution in [1.29, 1.82) is 0 Å². The van der Waals surface area contributed by atoms with Gasteiger partial charge in [-0.05, 0) is 69.2 Å². The fourth-order valence-corrected chi connectivity index (χ4v) is 5.43. The first-order chi connectivity index (χ1) is 13.1. The van der Waals surface area contributed by atoms with Crippen LogP contribution in [0, 0.1) is 13.8 Å². The maximum Gasteiger partial charge on any atom is 0.241 e. The van der Waals surface area contributed by atoms with E-state index in [0.29, 0.717) is 34.8 Å². The van der Waals surface area contributed by atoms with Gasteiger partial charge in [-0.3, -0.25) is 0 Å². The maximum absolute atomic E-state index is 13.3. The highest BCUT2D eigenvalue weighted by Crippen LogP contribution is 2.42. The Morgan fingerprint density at radius 2 is 1.64 bits per heavy atom. The second-order valence-electron chi connectivity index (χ2n) is 7.73. The SMILES string of the molecule is COc1cc(C)c(S(=O)(=O)N[C@H]2CC(C)(C)Oc3ccc(OC)cc32)c(C)c1. The van der Waals surface area contributed by atoms with Gasteiger partial charge < -0.3 is 14.2 Å². The fraction of sp³-hybridized carbons (Fsp3) is 0.429. The van der Waals surface area contributed by atoms with Crippen LogP contribution in [0.25, 0.3) is 0 Å². The van der Waals surface area contributed by atoms with E-state index in [1.54, 1.807) is 40.2 Å². The topological polar surface area (TPSA) is 73.9 Å². The second kappa shape index (κ2) is 7.29. The van der Waals surface area contributed by atoms with Gasteiger partial charge in [-0.25, -0.2) is 13.1 Å². The Labute approximate surface area is 166 Å². The monoisotopic (exact) mass is 405 g/mol. The van der Waals surface area contributed by atoms with Gasteiger partial charge in [0.15, 0.2) is 0 Å². The Morgan fingerprint density at radius 1 is 1.04 bits per heavy atom. The molecule has 0 fully saturated rings. The molecule has 2 aromatic rings. The normalized spacial score (nSPS) is 18.1. The minimum atomic E-state index is -3.76. The Balaban J connectivity index is 2.03. The Bertz CT molecular complexity index is 975. The van der Waals surface area contributed by atoms with Gasteiger partial charge in [-0.15, -0.1) is 0 Å². The molecule has 1 atom stereocenters. The summed E-state index contributed by atoms with van der Waals surface area (Å²) in [7, 11) is -0.614. The molecule has 6 nitrogen and oxygen atoms in total. The fourth-order valence-electron chi connectivity index (χ4n) is 3.76. The van der Waals surface area contributed by atoms with Crippen LogP contribution in [0.5, 0.6) is 17.2 Å². The molecule has 0 amide bonds. The Morgan fingerprint density at radius 3 is 2.21 bits per heavy atom. The van der Waals surface area contributed by atoms with E-state index >= 15 is 0 Å². The molecule has 2 aromatic carbocycles. The van der Waals surface area contributed by atoms with Crippen molar-refractivity contribution >= 4 is 10.0 Å².